The van der Waals surface area contributed by atoms with Crippen molar-refractivity contribution >= 4 is 5.69 Å². The summed E-state index contributed by atoms with van der Waals surface area (Å²) in [6.45, 7) is 5.46. The number of nitrogen functional groups attached to an aromatic ring is 1. The molecule has 1 unspecified atom stereocenters. The highest BCUT2D eigenvalue weighted by Crippen LogP contribution is 2.39. The van der Waals surface area contributed by atoms with Crippen LogP contribution in [0.2, 0.25) is 0 Å². The van der Waals surface area contributed by atoms with Gasteiger partial charge < -0.3 is 19.9 Å². The molecule has 2 N–H and O–H groups in total. The van der Waals surface area contributed by atoms with Crippen LogP contribution in [0.25, 0.3) is 11.1 Å². The first-order valence-electron chi connectivity index (χ1n) is 8.40. The minimum Gasteiger partial charge on any atom is -0.494 e. The van der Waals surface area contributed by atoms with E-state index < -0.39 is 5.79 Å². The molecule has 1 aromatic heterocycles. The van der Waals surface area contributed by atoms with Gasteiger partial charge in [-0.25, -0.2) is 0 Å². The van der Waals surface area contributed by atoms with Gasteiger partial charge in [-0.3, -0.25) is 4.68 Å². The van der Waals surface area contributed by atoms with E-state index in [1.807, 2.05) is 35.3 Å². The average Bonchev–Trinajstić information content (AvgIpc) is 3.26. The van der Waals surface area contributed by atoms with Crippen LogP contribution >= 0.6 is 0 Å². The zero-order valence-corrected chi connectivity index (χ0v) is 14.5. The largest absolute Gasteiger partial charge is 0.494 e. The highest BCUT2D eigenvalue weighted by Gasteiger charge is 2.43. The van der Waals surface area contributed by atoms with Gasteiger partial charge in [-0.15, -0.1) is 0 Å². The summed E-state index contributed by atoms with van der Waals surface area (Å²) in [5, 5.41) is 4.57. The summed E-state index contributed by atoms with van der Waals surface area (Å²) in [6.07, 6.45) is 5.48. The van der Waals surface area contributed by atoms with Gasteiger partial charge in [0.05, 0.1) is 32.2 Å². The summed E-state index contributed by atoms with van der Waals surface area (Å²) in [6, 6.07) is 5.74. The third kappa shape index (κ3) is 2.76. The predicted molar refractivity (Wildman–Crippen MR) is 92.9 cm³/mol. The molecule has 1 aromatic carbocycles. The van der Waals surface area contributed by atoms with Crippen LogP contribution in [-0.4, -0.2) is 35.9 Å². The number of anilines is 1. The summed E-state index contributed by atoms with van der Waals surface area (Å²) < 4.78 is 19.3. The van der Waals surface area contributed by atoms with Crippen LogP contribution < -0.4 is 10.5 Å². The standard InChI is InChI=1S/C18H25N3O3/c1-4-16(18(5-2)23-9-10-24-18)21-12-13(11-20-21)14-7-6-8-15(19)17(14)22-3/h6-8,11-12,16H,4-5,9-10,19H2,1-3H3. The molecular formula is C18H25N3O3. The molecule has 1 aliphatic heterocycles. The lowest BCUT2D eigenvalue weighted by Crippen LogP contribution is -2.40. The fraction of sp³-hybridized carbons (Fsp3) is 0.500. The molecule has 3 rings (SSSR count). The maximum absolute atomic E-state index is 6.01. The second-order valence-corrected chi connectivity index (χ2v) is 5.92. The number of nitrogens with two attached hydrogens (primary N) is 1. The first kappa shape index (κ1) is 16.8. The molecule has 0 amide bonds. The quantitative estimate of drug-likeness (QED) is 0.823. The second kappa shape index (κ2) is 6.83. The van der Waals surface area contributed by atoms with Crippen LogP contribution in [-0.2, 0) is 9.47 Å². The van der Waals surface area contributed by atoms with Gasteiger partial charge >= 0.3 is 0 Å². The second-order valence-electron chi connectivity index (χ2n) is 5.92. The van der Waals surface area contributed by atoms with Crippen molar-refractivity contribution in [3.63, 3.8) is 0 Å². The number of hydrogen-bond acceptors (Lipinski definition) is 5. The van der Waals surface area contributed by atoms with E-state index in [2.05, 4.69) is 18.9 Å². The molecule has 130 valence electrons. The third-order valence-electron chi connectivity index (χ3n) is 4.64. The zero-order chi connectivity index (χ0) is 17.2. The van der Waals surface area contributed by atoms with Gasteiger partial charge in [0.15, 0.2) is 5.79 Å². The number of rotatable bonds is 6. The van der Waals surface area contributed by atoms with Crippen molar-refractivity contribution in [1.82, 2.24) is 9.78 Å². The van der Waals surface area contributed by atoms with Gasteiger partial charge in [-0.1, -0.05) is 26.0 Å². The van der Waals surface area contributed by atoms with Crippen LogP contribution in [0.15, 0.2) is 30.6 Å². The molecule has 2 aromatic rings. The molecule has 1 fully saturated rings. The van der Waals surface area contributed by atoms with Gasteiger partial charge in [0.1, 0.15) is 11.8 Å². The van der Waals surface area contributed by atoms with Gasteiger partial charge in [-0.2, -0.15) is 5.10 Å². The molecule has 0 radical (unpaired) electrons. The normalized spacial score (nSPS) is 17.8. The lowest BCUT2D eigenvalue weighted by Gasteiger charge is -2.34. The number of hydrogen-bond donors (Lipinski definition) is 1. The van der Waals surface area contributed by atoms with Gasteiger partial charge in [0, 0.05) is 23.7 Å². The fourth-order valence-corrected chi connectivity index (χ4v) is 3.46. The SMILES string of the molecule is CCC(n1cc(-c2cccc(N)c2OC)cn1)C1(CC)OCCO1. The minimum atomic E-state index is -0.599. The highest BCUT2D eigenvalue weighted by molar-refractivity contribution is 5.76. The highest BCUT2D eigenvalue weighted by atomic mass is 16.7. The number of methoxy groups -OCH3 is 1. The molecule has 0 saturated carbocycles. The predicted octanol–water partition coefficient (Wildman–Crippen LogP) is 3.25. The molecule has 6 heteroatoms. The Morgan fingerprint density at radius 3 is 2.71 bits per heavy atom. The van der Waals surface area contributed by atoms with Crippen LogP contribution in [0.1, 0.15) is 32.7 Å². The molecule has 24 heavy (non-hydrogen) atoms. The summed E-state index contributed by atoms with van der Waals surface area (Å²) >= 11 is 0. The lowest BCUT2D eigenvalue weighted by molar-refractivity contribution is -0.194. The Balaban J connectivity index is 1.97. The number of ether oxygens (including phenoxy) is 3. The monoisotopic (exact) mass is 331 g/mol. The Hall–Kier alpha value is -2.05. The summed E-state index contributed by atoms with van der Waals surface area (Å²) in [5.41, 5.74) is 8.51. The Kier molecular flexibility index (Phi) is 4.78. The van der Waals surface area contributed by atoms with Crippen molar-refractivity contribution in [2.75, 3.05) is 26.1 Å². The molecule has 2 heterocycles. The van der Waals surface area contributed by atoms with Crippen molar-refractivity contribution in [1.29, 1.82) is 0 Å². The van der Waals surface area contributed by atoms with Crippen molar-refractivity contribution in [3.05, 3.63) is 30.6 Å². The van der Waals surface area contributed by atoms with E-state index in [-0.39, 0.29) is 6.04 Å². The summed E-state index contributed by atoms with van der Waals surface area (Å²) in [7, 11) is 1.63. The van der Waals surface area contributed by atoms with Crippen molar-refractivity contribution in [3.8, 4) is 16.9 Å². The first-order valence-corrected chi connectivity index (χ1v) is 8.40. The van der Waals surface area contributed by atoms with Gasteiger partial charge in [0.2, 0.25) is 0 Å². The Bertz CT molecular complexity index is 693. The Morgan fingerprint density at radius 1 is 1.33 bits per heavy atom. The maximum Gasteiger partial charge on any atom is 0.190 e. The number of aromatic nitrogens is 2. The molecule has 0 bridgehead atoms. The molecule has 0 aliphatic carbocycles. The van der Waals surface area contributed by atoms with Crippen LogP contribution in [0.5, 0.6) is 5.75 Å². The third-order valence-corrected chi connectivity index (χ3v) is 4.64. The van der Waals surface area contributed by atoms with Crippen LogP contribution in [0.3, 0.4) is 0 Å². The molecule has 1 aliphatic rings. The van der Waals surface area contributed by atoms with Gasteiger partial charge in [-0.05, 0) is 12.5 Å². The van der Waals surface area contributed by atoms with Gasteiger partial charge in [0.25, 0.3) is 0 Å². The number of benzene rings is 1. The van der Waals surface area contributed by atoms with E-state index in [9.17, 15) is 0 Å². The van der Waals surface area contributed by atoms with E-state index in [4.69, 9.17) is 19.9 Å². The molecule has 6 nitrogen and oxygen atoms in total. The van der Waals surface area contributed by atoms with Crippen LogP contribution in [0.4, 0.5) is 5.69 Å². The number of nitrogens with zero attached hydrogens (tertiary/aromatic N) is 2. The minimum absolute atomic E-state index is 0.0193. The topological polar surface area (TPSA) is 71.5 Å². The lowest BCUT2D eigenvalue weighted by atomic mass is 10.0. The van der Waals surface area contributed by atoms with Crippen molar-refractivity contribution in [2.45, 2.75) is 38.5 Å². The molecule has 1 saturated heterocycles. The molecular weight excluding hydrogens is 306 g/mol. The smallest absolute Gasteiger partial charge is 0.190 e. The molecule has 0 spiro atoms. The van der Waals surface area contributed by atoms with E-state index in [0.29, 0.717) is 24.7 Å². The Labute approximate surface area is 142 Å². The number of para-hydroxylation sites is 1. The van der Waals surface area contributed by atoms with Crippen molar-refractivity contribution < 1.29 is 14.2 Å². The van der Waals surface area contributed by atoms with Crippen LogP contribution in [0, 0.1) is 0 Å². The first-order chi connectivity index (χ1) is 11.6. The maximum atomic E-state index is 6.01. The van der Waals surface area contributed by atoms with E-state index in [1.165, 1.54) is 0 Å². The summed E-state index contributed by atoms with van der Waals surface area (Å²) in [4.78, 5) is 0. The fourth-order valence-electron chi connectivity index (χ4n) is 3.46. The van der Waals surface area contributed by atoms with Crippen molar-refractivity contribution in [2.24, 2.45) is 0 Å². The van der Waals surface area contributed by atoms with E-state index >= 15 is 0 Å². The Morgan fingerprint density at radius 2 is 2.08 bits per heavy atom. The van der Waals surface area contributed by atoms with E-state index in [1.54, 1.807) is 7.11 Å². The summed E-state index contributed by atoms with van der Waals surface area (Å²) in [5.74, 6) is 0.0707. The average molecular weight is 331 g/mol. The zero-order valence-electron chi connectivity index (χ0n) is 14.5. The van der Waals surface area contributed by atoms with E-state index in [0.717, 1.165) is 24.0 Å². The molecule has 1 atom stereocenters.